The molecule has 0 aromatic rings. The Morgan fingerprint density at radius 1 is 1.29 bits per heavy atom. The number of fused-ring (bicyclic) bond motifs is 3. The Morgan fingerprint density at radius 3 is 2.57 bits per heavy atom. The fourth-order valence-electron chi connectivity index (χ4n) is 2.85. The molecule has 2 heterocycles. The zero-order valence-electron chi connectivity index (χ0n) is 13.6. The summed E-state index contributed by atoms with van der Waals surface area (Å²) in [5, 5.41) is 0. The van der Waals surface area contributed by atoms with Crippen molar-refractivity contribution in [2.45, 2.75) is 46.3 Å². The highest BCUT2D eigenvalue weighted by Gasteiger charge is 2.48. The van der Waals surface area contributed by atoms with Crippen molar-refractivity contribution in [3.05, 3.63) is 0 Å². The summed E-state index contributed by atoms with van der Waals surface area (Å²) in [7, 11) is 0. The predicted octanol–water partition coefficient (Wildman–Crippen LogP) is 2.21. The van der Waals surface area contributed by atoms with E-state index in [-0.39, 0.29) is 18.0 Å². The van der Waals surface area contributed by atoms with E-state index in [0.29, 0.717) is 13.1 Å². The first kappa shape index (κ1) is 16.5. The molecule has 0 aromatic heterocycles. The number of ether oxygens (including phenoxy) is 1. The van der Waals surface area contributed by atoms with Gasteiger partial charge in [0, 0.05) is 31.1 Å². The largest absolute Gasteiger partial charge is 0.444 e. The number of carbonyl (C=O) groups is 2. The van der Waals surface area contributed by atoms with Gasteiger partial charge < -0.3 is 14.5 Å². The molecule has 2 aliphatic rings. The molecule has 0 aromatic carbocycles. The van der Waals surface area contributed by atoms with Gasteiger partial charge in [-0.3, -0.25) is 4.79 Å². The van der Waals surface area contributed by atoms with Crippen LogP contribution in [0.5, 0.6) is 0 Å². The number of carbonyl (C=O) groups excluding carboxylic acids is 2. The molecule has 6 heteroatoms. The van der Waals surface area contributed by atoms with Crippen molar-refractivity contribution in [3.63, 3.8) is 0 Å². The van der Waals surface area contributed by atoms with Crippen LogP contribution in [0.2, 0.25) is 0 Å². The summed E-state index contributed by atoms with van der Waals surface area (Å²) in [4.78, 5) is 28.9. The van der Waals surface area contributed by atoms with Crippen LogP contribution in [-0.4, -0.2) is 64.6 Å². The van der Waals surface area contributed by atoms with Gasteiger partial charge in [0.15, 0.2) is 0 Å². The topological polar surface area (TPSA) is 49.9 Å². The average Bonchev–Trinajstić information content (AvgIpc) is 2.42. The summed E-state index contributed by atoms with van der Waals surface area (Å²) >= 11 is 1.81. The van der Waals surface area contributed by atoms with E-state index in [1.807, 2.05) is 39.5 Å². The summed E-state index contributed by atoms with van der Waals surface area (Å²) in [5.74, 6) is 1.87. The average molecular weight is 314 g/mol. The van der Waals surface area contributed by atoms with Crippen LogP contribution in [0.1, 0.15) is 34.6 Å². The molecule has 0 radical (unpaired) electrons. The monoisotopic (exact) mass is 314 g/mol. The number of rotatable bonds is 0. The van der Waals surface area contributed by atoms with Crippen molar-refractivity contribution in [3.8, 4) is 0 Å². The molecule has 2 aliphatic heterocycles. The number of nitrogens with zero attached hydrogens (tertiary/aromatic N) is 2. The van der Waals surface area contributed by atoms with E-state index >= 15 is 0 Å². The molecule has 0 N–H and O–H groups in total. The van der Waals surface area contributed by atoms with Gasteiger partial charge in [-0.2, -0.15) is 11.8 Å². The van der Waals surface area contributed by atoms with Gasteiger partial charge in [-0.25, -0.2) is 4.79 Å². The first-order valence-electron chi connectivity index (χ1n) is 7.49. The highest BCUT2D eigenvalue weighted by molar-refractivity contribution is 7.99. The van der Waals surface area contributed by atoms with E-state index in [1.165, 1.54) is 0 Å². The van der Waals surface area contributed by atoms with E-state index in [2.05, 4.69) is 0 Å². The predicted molar refractivity (Wildman–Crippen MR) is 84.4 cm³/mol. The molecule has 0 spiro atoms. The minimum absolute atomic E-state index is 0.116. The molecule has 21 heavy (non-hydrogen) atoms. The molecule has 2 bridgehead atoms. The summed E-state index contributed by atoms with van der Waals surface area (Å²) in [6.45, 7) is 11.4. The standard InChI is InChI=1S/C15H26N2O3S/c1-14(2,3)20-13(19)17-7-6-16-8-9-21-10-11(17)15(4,5)12(16)18/h11H,6-10H2,1-5H3. The molecule has 5 nitrogen and oxygen atoms in total. The first-order chi connectivity index (χ1) is 9.63. The van der Waals surface area contributed by atoms with Crippen LogP contribution in [0.4, 0.5) is 4.79 Å². The molecule has 1 unspecified atom stereocenters. The van der Waals surface area contributed by atoms with Gasteiger partial charge in [0.25, 0.3) is 0 Å². The second-order valence-corrected chi connectivity index (χ2v) is 8.43. The van der Waals surface area contributed by atoms with Crippen LogP contribution in [0.15, 0.2) is 0 Å². The SMILES string of the molecule is CC(C)(C)OC(=O)N1CCN2CCSCC1C(C)(C)C2=O. The Balaban J connectivity index is 2.30. The van der Waals surface area contributed by atoms with Crippen molar-refractivity contribution in [1.29, 1.82) is 0 Å². The van der Waals surface area contributed by atoms with Gasteiger partial charge in [0.1, 0.15) is 5.60 Å². The summed E-state index contributed by atoms with van der Waals surface area (Å²) in [5.41, 5.74) is -1.09. The minimum Gasteiger partial charge on any atom is -0.444 e. The van der Waals surface area contributed by atoms with Crippen LogP contribution in [0.25, 0.3) is 0 Å². The number of thioether (sulfide) groups is 1. The molecular formula is C15H26N2O3S. The maximum Gasteiger partial charge on any atom is 0.410 e. The lowest BCUT2D eigenvalue weighted by molar-refractivity contribution is -0.140. The van der Waals surface area contributed by atoms with E-state index in [0.717, 1.165) is 18.1 Å². The zero-order chi connectivity index (χ0) is 15.8. The van der Waals surface area contributed by atoms with Crippen LogP contribution in [0, 0.1) is 5.41 Å². The normalized spacial score (nSPS) is 26.1. The lowest BCUT2D eigenvalue weighted by Crippen LogP contribution is -2.54. The van der Waals surface area contributed by atoms with Crippen LogP contribution in [-0.2, 0) is 9.53 Å². The van der Waals surface area contributed by atoms with Crippen LogP contribution >= 0.6 is 11.8 Å². The quantitative estimate of drug-likeness (QED) is 0.688. The molecule has 0 saturated carbocycles. The van der Waals surface area contributed by atoms with Gasteiger partial charge in [0.05, 0.1) is 11.5 Å². The van der Waals surface area contributed by atoms with E-state index in [9.17, 15) is 9.59 Å². The second-order valence-electron chi connectivity index (χ2n) is 7.28. The van der Waals surface area contributed by atoms with Gasteiger partial charge in [-0.05, 0) is 34.6 Å². The highest BCUT2D eigenvalue weighted by Crippen LogP contribution is 2.35. The minimum atomic E-state index is -0.569. The molecular weight excluding hydrogens is 288 g/mol. The Labute approximate surface area is 131 Å². The smallest absolute Gasteiger partial charge is 0.410 e. The number of hydrogen-bond acceptors (Lipinski definition) is 4. The van der Waals surface area contributed by atoms with E-state index < -0.39 is 11.0 Å². The van der Waals surface area contributed by atoms with Crippen molar-refractivity contribution in [1.82, 2.24) is 9.80 Å². The van der Waals surface area contributed by atoms with E-state index in [4.69, 9.17) is 4.74 Å². The van der Waals surface area contributed by atoms with Crippen molar-refractivity contribution < 1.29 is 14.3 Å². The van der Waals surface area contributed by atoms with Crippen molar-refractivity contribution in [2.24, 2.45) is 5.41 Å². The molecule has 120 valence electrons. The first-order valence-corrected chi connectivity index (χ1v) is 8.65. The Morgan fingerprint density at radius 2 is 1.95 bits per heavy atom. The molecule has 2 fully saturated rings. The molecule has 1 atom stereocenters. The van der Waals surface area contributed by atoms with Gasteiger partial charge in [0.2, 0.25) is 5.91 Å². The molecule has 2 rings (SSSR count). The third kappa shape index (κ3) is 3.47. The van der Waals surface area contributed by atoms with Gasteiger partial charge in [-0.15, -0.1) is 0 Å². The Bertz CT molecular complexity index is 431. The van der Waals surface area contributed by atoms with Crippen LogP contribution < -0.4 is 0 Å². The number of amides is 2. The summed E-state index contributed by atoms with van der Waals surface area (Å²) in [6.07, 6.45) is -0.308. The van der Waals surface area contributed by atoms with Crippen molar-refractivity contribution in [2.75, 3.05) is 31.1 Å². The van der Waals surface area contributed by atoms with Gasteiger partial charge >= 0.3 is 6.09 Å². The third-order valence-corrected chi connectivity index (χ3v) is 5.09. The summed E-state index contributed by atoms with van der Waals surface area (Å²) < 4.78 is 5.54. The lowest BCUT2D eigenvalue weighted by Gasteiger charge is -2.40. The number of hydrogen-bond donors (Lipinski definition) is 0. The Kier molecular flexibility index (Phi) is 4.47. The lowest BCUT2D eigenvalue weighted by atomic mass is 9.83. The maximum atomic E-state index is 12.7. The van der Waals surface area contributed by atoms with Crippen molar-refractivity contribution >= 4 is 23.8 Å². The van der Waals surface area contributed by atoms with E-state index in [1.54, 1.807) is 16.7 Å². The molecule has 2 amide bonds. The van der Waals surface area contributed by atoms with Crippen LogP contribution in [0.3, 0.4) is 0 Å². The molecule has 2 saturated heterocycles. The zero-order valence-corrected chi connectivity index (χ0v) is 14.5. The maximum absolute atomic E-state index is 12.7. The fraction of sp³-hybridized carbons (Fsp3) is 0.867. The second kappa shape index (κ2) is 5.71. The van der Waals surface area contributed by atoms with Gasteiger partial charge in [-0.1, -0.05) is 0 Å². The highest BCUT2D eigenvalue weighted by atomic mass is 32.2. The fourth-order valence-corrected chi connectivity index (χ4v) is 4.18. The third-order valence-electron chi connectivity index (χ3n) is 4.07. The Hall–Kier alpha value is -0.910. The molecule has 0 aliphatic carbocycles. The summed E-state index contributed by atoms with van der Waals surface area (Å²) in [6, 6.07) is -0.116.